The lowest BCUT2D eigenvalue weighted by Crippen LogP contribution is -2.53. The summed E-state index contributed by atoms with van der Waals surface area (Å²) in [5, 5.41) is 9.11. The Labute approximate surface area is 375 Å². The van der Waals surface area contributed by atoms with E-state index in [2.05, 4.69) is 38.0 Å². The van der Waals surface area contributed by atoms with Crippen molar-refractivity contribution in [1.82, 2.24) is 30.4 Å². The lowest BCUT2D eigenvalue weighted by molar-refractivity contribution is -0.137. The first-order valence-corrected chi connectivity index (χ1v) is 22.6. The summed E-state index contributed by atoms with van der Waals surface area (Å²) in [4.78, 5) is 91.6. The number of carbonyl (C=O) groups excluding carboxylic acids is 6. The van der Waals surface area contributed by atoms with E-state index >= 15 is 0 Å². The number of alkyl halides is 1. The minimum Gasteiger partial charge on any atom is -0.445 e. The van der Waals surface area contributed by atoms with Gasteiger partial charge in [0.2, 0.25) is 17.7 Å². The predicted molar refractivity (Wildman–Crippen MR) is 242 cm³/mol. The van der Waals surface area contributed by atoms with Crippen molar-refractivity contribution < 1.29 is 37.9 Å². The van der Waals surface area contributed by atoms with Gasteiger partial charge >= 0.3 is 6.09 Å². The molecule has 3 aliphatic rings. The van der Waals surface area contributed by atoms with Crippen LogP contribution in [0, 0.1) is 5.92 Å². The molecule has 2 saturated heterocycles. The zero-order valence-corrected chi connectivity index (χ0v) is 37.1. The Hall–Kier alpha value is -6.43. The fourth-order valence-electron chi connectivity index (χ4n) is 7.71. The molecule has 2 aromatic carbocycles. The number of amides is 6. The third-order valence-corrected chi connectivity index (χ3v) is 12.6. The maximum atomic E-state index is 13.7. The molecule has 5 heterocycles. The van der Waals surface area contributed by atoms with Crippen molar-refractivity contribution in [1.29, 1.82) is 0 Å². The monoisotopic (exact) mass is 895 g/mol. The molecular weight excluding hydrogens is 842 g/mol. The van der Waals surface area contributed by atoms with E-state index in [1.807, 2.05) is 23.1 Å². The largest absolute Gasteiger partial charge is 0.445 e. The van der Waals surface area contributed by atoms with Gasteiger partial charge in [-0.15, -0.1) is 11.3 Å². The number of anilines is 3. The van der Waals surface area contributed by atoms with Crippen LogP contribution in [-0.2, 0) is 35.3 Å². The molecule has 64 heavy (non-hydrogen) atoms. The standard InChI is InChI=1S/C46H54FN9O7S/c1-29(2)42(52-39(57)7-5-4-6-19-56-40(58)16-17-41(56)59)44(61)49-30(3)43(60)50-34-11-8-31(9-12-34)28-63-46(62)54-23-21-53(22-24-54)35-13-14-36-37(25-35)64-45(51-36)32-10-15-38(48-26-32)55-20-18-33(47)27-55/h8-17,25-26,29-30,33,42H,4-7,18-24,27-28H2,1-3H3,(H,49,61)(H,50,60)(H,52,57)/t30-,33+,42-/m0/s1. The van der Waals surface area contributed by atoms with Gasteiger partial charge in [-0.05, 0) is 80.1 Å². The molecule has 16 nitrogen and oxygen atoms in total. The highest BCUT2D eigenvalue weighted by Crippen LogP contribution is 2.33. The van der Waals surface area contributed by atoms with Crippen molar-refractivity contribution in [3.63, 3.8) is 0 Å². The first kappa shape index (κ1) is 45.6. The number of imide groups is 1. The minimum atomic E-state index is -0.901. The Kier molecular flexibility index (Phi) is 14.8. The van der Waals surface area contributed by atoms with E-state index in [1.165, 1.54) is 17.1 Å². The fourth-order valence-corrected chi connectivity index (χ4v) is 8.70. The van der Waals surface area contributed by atoms with Gasteiger partial charge in [0, 0.05) is 81.0 Å². The molecular formula is C46H54FN9O7S. The van der Waals surface area contributed by atoms with Crippen LogP contribution in [0.1, 0.15) is 58.4 Å². The summed E-state index contributed by atoms with van der Waals surface area (Å²) in [6.07, 6.45) is 5.50. The summed E-state index contributed by atoms with van der Waals surface area (Å²) in [5.74, 6) is -1.36. The Morgan fingerprint density at radius 2 is 1.61 bits per heavy atom. The zero-order chi connectivity index (χ0) is 45.3. The number of hydrogen-bond donors (Lipinski definition) is 3. The van der Waals surface area contributed by atoms with Gasteiger partial charge in [-0.2, -0.15) is 0 Å². The number of nitrogens with zero attached hydrogens (tertiary/aromatic N) is 6. The second-order valence-electron chi connectivity index (χ2n) is 16.6. The smallest absolute Gasteiger partial charge is 0.410 e. The van der Waals surface area contributed by atoms with E-state index in [0.717, 1.165) is 37.9 Å². The number of ether oxygens (including phenoxy) is 1. The molecule has 3 aliphatic heterocycles. The maximum absolute atomic E-state index is 13.7. The van der Waals surface area contributed by atoms with Gasteiger partial charge in [-0.1, -0.05) is 32.4 Å². The molecule has 3 atom stereocenters. The Morgan fingerprint density at radius 3 is 2.28 bits per heavy atom. The summed E-state index contributed by atoms with van der Waals surface area (Å²) >= 11 is 1.60. The van der Waals surface area contributed by atoms with Crippen molar-refractivity contribution in [2.75, 3.05) is 60.9 Å². The van der Waals surface area contributed by atoms with Crippen LogP contribution in [-0.4, -0.2) is 119 Å². The number of piperazine rings is 1. The Morgan fingerprint density at radius 1 is 0.859 bits per heavy atom. The SMILES string of the molecule is CC(C)[C@H](NC(=O)CCCCCN1C(=O)C=CC1=O)C(=O)N[C@@H](C)C(=O)Nc1ccc(COC(=O)N2CCN(c3ccc4nc(-c5ccc(N6CC[C@@H](F)C6)nc5)sc4c3)CC2)cc1. The third-order valence-electron chi connectivity index (χ3n) is 11.5. The van der Waals surface area contributed by atoms with Crippen LogP contribution in [0.15, 0.2) is 72.9 Å². The molecule has 2 aromatic heterocycles. The number of rotatable bonds is 17. The number of nitrogens with one attached hydrogen (secondary N) is 3. The number of hydrogen-bond acceptors (Lipinski definition) is 12. The zero-order valence-electron chi connectivity index (χ0n) is 36.3. The summed E-state index contributed by atoms with van der Waals surface area (Å²) in [6.45, 7) is 8.84. The van der Waals surface area contributed by atoms with E-state index in [9.17, 15) is 33.2 Å². The molecule has 4 aromatic rings. The summed E-state index contributed by atoms with van der Waals surface area (Å²) in [7, 11) is 0. The van der Waals surface area contributed by atoms with E-state index in [-0.39, 0.29) is 36.7 Å². The van der Waals surface area contributed by atoms with E-state index < -0.39 is 36.2 Å². The van der Waals surface area contributed by atoms with Gasteiger partial charge in [0.25, 0.3) is 11.8 Å². The third kappa shape index (κ3) is 11.6. The van der Waals surface area contributed by atoms with Crippen LogP contribution >= 0.6 is 11.3 Å². The summed E-state index contributed by atoms with van der Waals surface area (Å²) < 4.78 is 20.4. The number of benzene rings is 2. The van der Waals surface area contributed by atoms with Crippen LogP contribution in [0.2, 0.25) is 0 Å². The number of thiazole rings is 1. The van der Waals surface area contributed by atoms with E-state index in [4.69, 9.17) is 9.72 Å². The topological polar surface area (TPSA) is 186 Å². The second kappa shape index (κ2) is 20.8. The molecule has 2 fully saturated rings. The number of pyridine rings is 1. The normalized spacial score (nSPS) is 17.3. The van der Waals surface area contributed by atoms with Crippen LogP contribution in [0.25, 0.3) is 20.8 Å². The van der Waals surface area contributed by atoms with Crippen LogP contribution in [0.4, 0.5) is 26.4 Å². The van der Waals surface area contributed by atoms with Crippen molar-refractivity contribution in [3.8, 4) is 10.6 Å². The highest BCUT2D eigenvalue weighted by Gasteiger charge is 2.28. The first-order chi connectivity index (χ1) is 30.8. The highest BCUT2D eigenvalue weighted by molar-refractivity contribution is 7.21. The van der Waals surface area contributed by atoms with E-state index in [1.54, 1.807) is 67.5 Å². The molecule has 18 heteroatoms. The van der Waals surface area contributed by atoms with Gasteiger partial charge in [0.05, 0.1) is 16.8 Å². The van der Waals surface area contributed by atoms with E-state index in [0.29, 0.717) is 77.2 Å². The average Bonchev–Trinajstić information content (AvgIpc) is 4.02. The molecule has 0 saturated carbocycles. The highest BCUT2D eigenvalue weighted by atomic mass is 32.1. The van der Waals surface area contributed by atoms with Crippen LogP contribution < -0.4 is 25.8 Å². The average molecular weight is 896 g/mol. The quantitative estimate of drug-likeness (QED) is 0.0907. The number of carbonyl (C=O) groups is 6. The molecule has 0 spiro atoms. The van der Waals surface area contributed by atoms with Crippen LogP contribution in [0.5, 0.6) is 0 Å². The van der Waals surface area contributed by atoms with Gasteiger partial charge in [0.15, 0.2) is 0 Å². The molecule has 7 rings (SSSR count). The summed E-state index contributed by atoms with van der Waals surface area (Å²) in [6, 6.07) is 15.2. The fraction of sp³-hybridized carbons (Fsp3) is 0.435. The molecule has 338 valence electrons. The lowest BCUT2D eigenvalue weighted by atomic mass is 10.0. The number of halogens is 1. The maximum Gasteiger partial charge on any atom is 0.410 e. The molecule has 6 amide bonds. The second-order valence-corrected chi connectivity index (χ2v) is 17.6. The van der Waals surface area contributed by atoms with Gasteiger partial charge < -0.3 is 35.4 Å². The van der Waals surface area contributed by atoms with Gasteiger partial charge in [-0.3, -0.25) is 28.9 Å². The number of fused-ring (bicyclic) bond motifs is 1. The lowest BCUT2D eigenvalue weighted by Gasteiger charge is -2.35. The van der Waals surface area contributed by atoms with Crippen molar-refractivity contribution in [2.24, 2.45) is 5.92 Å². The van der Waals surface area contributed by atoms with Gasteiger partial charge in [-0.25, -0.2) is 19.2 Å². The van der Waals surface area contributed by atoms with Crippen molar-refractivity contribution in [3.05, 3.63) is 78.5 Å². The predicted octanol–water partition coefficient (Wildman–Crippen LogP) is 5.43. The Balaban J connectivity index is 0.801. The summed E-state index contributed by atoms with van der Waals surface area (Å²) in [5.41, 5.74) is 4.11. The molecule has 0 radical (unpaired) electrons. The van der Waals surface area contributed by atoms with Crippen molar-refractivity contribution >= 4 is 74.4 Å². The minimum absolute atomic E-state index is 0.0549. The molecule has 0 bridgehead atoms. The number of unbranched alkanes of at least 4 members (excludes halogenated alkanes) is 2. The molecule has 0 aliphatic carbocycles. The first-order valence-electron chi connectivity index (χ1n) is 21.8. The molecule has 0 unspecified atom stereocenters. The van der Waals surface area contributed by atoms with Gasteiger partial charge in [0.1, 0.15) is 35.7 Å². The molecule has 3 N–H and O–H groups in total. The Bertz CT molecular complexity index is 2350. The van der Waals surface area contributed by atoms with Crippen molar-refractivity contribution in [2.45, 2.75) is 77.7 Å². The van der Waals surface area contributed by atoms with Crippen LogP contribution in [0.3, 0.4) is 0 Å². The number of aromatic nitrogens is 2.